The molecule has 1 aromatic rings. The molecule has 2 aliphatic rings. The predicted molar refractivity (Wildman–Crippen MR) is 65.8 cm³/mol. The molecular weight excluding hydrogens is 230 g/mol. The number of carbonyl (C=O) groups is 1. The van der Waals surface area contributed by atoms with Crippen LogP contribution in [0.1, 0.15) is 30.9 Å². The number of likely N-dealkylation sites (tertiary alicyclic amines) is 1. The van der Waals surface area contributed by atoms with Crippen molar-refractivity contribution in [2.75, 3.05) is 19.8 Å². The molecular formula is C13H19N3O2. The Kier molecular flexibility index (Phi) is 3.07. The van der Waals surface area contributed by atoms with Crippen LogP contribution >= 0.6 is 0 Å². The standard InChI is InChI=1S/C13H19N3O2/c1-15-8-11(7-14-15)12-3-2-5-16(12)13(17)10-4-6-18-9-10/h7-8,10,12H,2-6,9H2,1H3/t10-,12-/m1/s1. The summed E-state index contributed by atoms with van der Waals surface area (Å²) in [5.74, 6) is 0.334. The minimum absolute atomic E-state index is 0.0715. The van der Waals surface area contributed by atoms with Gasteiger partial charge < -0.3 is 9.64 Å². The lowest BCUT2D eigenvalue weighted by Gasteiger charge is -2.26. The molecule has 18 heavy (non-hydrogen) atoms. The zero-order valence-electron chi connectivity index (χ0n) is 10.7. The maximum absolute atomic E-state index is 12.5. The van der Waals surface area contributed by atoms with Gasteiger partial charge in [-0.1, -0.05) is 0 Å². The molecule has 0 aromatic carbocycles. The van der Waals surface area contributed by atoms with E-state index in [1.165, 1.54) is 0 Å². The molecule has 0 unspecified atom stereocenters. The number of aromatic nitrogens is 2. The van der Waals surface area contributed by atoms with Gasteiger partial charge in [0.15, 0.2) is 0 Å². The monoisotopic (exact) mass is 249 g/mol. The second-order valence-electron chi connectivity index (χ2n) is 5.20. The van der Waals surface area contributed by atoms with Crippen LogP contribution < -0.4 is 0 Å². The largest absolute Gasteiger partial charge is 0.381 e. The summed E-state index contributed by atoms with van der Waals surface area (Å²) in [5.41, 5.74) is 1.15. The fourth-order valence-corrected chi connectivity index (χ4v) is 2.95. The molecule has 0 saturated carbocycles. The first kappa shape index (κ1) is 11.7. The summed E-state index contributed by atoms with van der Waals surface area (Å²) in [6.07, 6.45) is 6.89. The van der Waals surface area contributed by atoms with Crippen LogP contribution in [0.15, 0.2) is 12.4 Å². The third-order valence-electron chi connectivity index (χ3n) is 3.92. The highest BCUT2D eigenvalue weighted by atomic mass is 16.5. The molecule has 2 aliphatic heterocycles. The first-order valence-electron chi connectivity index (χ1n) is 6.62. The molecule has 98 valence electrons. The molecule has 2 fully saturated rings. The van der Waals surface area contributed by atoms with Gasteiger partial charge in [-0.15, -0.1) is 0 Å². The lowest BCUT2D eigenvalue weighted by Crippen LogP contribution is -2.35. The first-order valence-corrected chi connectivity index (χ1v) is 6.62. The quantitative estimate of drug-likeness (QED) is 0.789. The van der Waals surface area contributed by atoms with Gasteiger partial charge in [-0.2, -0.15) is 5.10 Å². The topological polar surface area (TPSA) is 47.4 Å². The van der Waals surface area contributed by atoms with Gasteiger partial charge in [-0.3, -0.25) is 9.48 Å². The van der Waals surface area contributed by atoms with E-state index < -0.39 is 0 Å². The van der Waals surface area contributed by atoms with E-state index in [1.54, 1.807) is 4.68 Å². The minimum atomic E-state index is 0.0715. The molecule has 2 atom stereocenters. The molecule has 5 nitrogen and oxygen atoms in total. The van der Waals surface area contributed by atoms with Crippen LogP contribution in [0.5, 0.6) is 0 Å². The van der Waals surface area contributed by atoms with Crippen molar-refractivity contribution in [1.29, 1.82) is 0 Å². The fourth-order valence-electron chi connectivity index (χ4n) is 2.95. The number of nitrogens with zero attached hydrogens (tertiary/aromatic N) is 3. The maximum Gasteiger partial charge on any atom is 0.228 e. The van der Waals surface area contributed by atoms with Crippen LogP contribution in [0, 0.1) is 5.92 Å². The van der Waals surface area contributed by atoms with Gasteiger partial charge in [-0.05, 0) is 19.3 Å². The highest BCUT2D eigenvalue weighted by Gasteiger charge is 2.35. The summed E-state index contributed by atoms with van der Waals surface area (Å²) in [5, 5.41) is 4.21. The molecule has 0 N–H and O–H groups in total. The van der Waals surface area contributed by atoms with Gasteiger partial charge in [0.25, 0.3) is 0 Å². The van der Waals surface area contributed by atoms with Crippen molar-refractivity contribution in [2.24, 2.45) is 13.0 Å². The van der Waals surface area contributed by atoms with Gasteiger partial charge in [-0.25, -0.2) is 0 Å². The van der Waals surface area contributed by atoms with E-state index in [2.05, 4.69) is 5.10 Å². The summed E-state index contributed by atoms with van der Waals surface area (Å²) in [4.78, 5) is 14.5. The summed E-state index contributed by atoms with van der Waals surface area (Å²) in [6.45, 7) is 2.19. The molecule has 5 heteroatoms. The molecule has 0 aliphatic carbocycles. The molecule has 1 amide bonds. The summed E-state index contributed by atoms with van der Waals surface area (Å²) < 4.78 is 7.12. The Morgan fingerprint density at radius 3 is 3.06 bits per heavy atom. The van der Waals surface area contributed by atoms with Gasteiger partial charge >= 0.3 is 0 Å². The predicted octanol–water partition coefficient (Wildman–Crippen LogP) is 1.12. The summed E-state index contributed by atoms with van der Waals surface area (Å²) in [7, 11) is 1.91. The Morgan fingerprint density at radius 2 is 2.39 bits per heavy atom. The lowest BCUT2D eigenvalue weighted by atomic mass is 10.0. The van der Waals surface area contributed by atoms with E-state index in [0.29, 0.717) is 6.61 Å². The van der Waals surface area contributed by atoms with Crippen molar-refractivity contribution in [1.82, 2.24) is 14.7 Å². The van der Waals surface area contributed by atoms with E-state index in [0.717, 1.165) is 38.0 Å². The molecule has 0 bridgehead atoms. The van der Waals surface area contributed by atoms with Crippen molar-refractivity contribution < 1.29 is 9.53 Å². The normalized spacial score (nSPS) is 27.9. The molecule has 3 rings (SSSR count). The molecule has 3 heterocycles. The maximum atomic E-state index is 12.5. The lowest BCUT2D eigenvalue weighted by molar-refractivity contribution is -0.136. The third kappa shape index (κ3) is 2.03. The average molecular weight is 249 g/mol. The highest BCUT2D eigenvalue weighted by Crippen LogP contribution is 2.33. The van der Waals surface area contributed by atoms with Gasteiger partial charge in [0.2, 0.25) is 5.91 Å². The fraction of sp³-hybridized carbons (Fsp3) is 0.692. The van der Waals surface area contributed by atoms with Crippen LogP contribution in [0.4, 0.5) is 0 Å². The number of hydrogen-bond acceptors (Lipinski definition) is 3. The Hall–Kier alpha value is -1.36. The number of aryl methyl sites for hydroxylation is 1. The molecule has 1 aromatic heterocycles. The smallest absolute Gasteiger partial charge is 0.228 e. The van der Waals surface area contributed by atoms with Gasteiger partial charge in [0, 0.05) is 32.0 Å². The minimum Gasteiger partial charge on any atom is -0.381 e. The van der Waals surface area contributed by atoms with Crippen molar-refractivity contribution in [3.05, 3.63) is 18.0 Å². The SMILES string of the molecule is Cn1cc([C@H]2CCCN2C(=O)[C@@H]2CCOC2)cn1. The second-order valence-corrected chi connectivity index (χ2v) is 5.20. The second kappa shape index (κ2) is 4.72. The van der Waals surface area contributed by atoms with Crippen molar-refractivity contribution in [2.45, 2.75) is 25.3 Å². The Bertz CT molecular complexity index is 437. The number of carbonyl (C=O) groups excluding carboxylic acids is 1. The van der Waals surface area contributed by atoms with Crippen molar-refractivity contribution in [3.8, 4) is 0 Å². The van der Waals surface area contributed by atoms with Crippen LogP contribution in [-0.4, -0.2) is 40.3 Å². The molecule has 2 saturated heterocycles. The van der Waals surface area contributed by atoms with Crippen LogP contribution in [0.25, 0.3) is 0 Å². The van der Waals surface area contributed by atoms with E-state index in [-0.39, 0.29) is 17.9 Å². The van der Waals surface area contributed by atoms with Gasteiger partial charge in [0.05, 0.1) is 24.8 Å². The zero-order chi connectivity index (χ0) is 12.5. The number of ether oxygens (including phenoxy) is 1. The van der Waals surface area contributed by atoms with Crippen molar-refractivity contribution >= 4 is 5.91 Å². The number of amides is 1. The highest BCUT2D eigenvalue weighted by molar-refractivity contribution is 5.80. The van der Waals surface area contributed by atoms with E-state index in [1.807, 2.05) is 24.3 Å². The van der Waals surface area contributed by atoms with Crippen LogP contribution in [0.3, 0.4) is 0 Å². The number of hydrogen-bond donors (Lipinski definition) is 0. The average Bonchev–Trinajstić information content (AvgIpc) is 3.09. The van der Waals surface area contributed by atoms with Crippen LogP contribution in [0.2, 0.25) is 0 Å². The van der Waals surface area contributed by atoms with Crippen molar-refractivity contribution in [3.63, 3.8) is 0 Å². The third-order valence-corrected chi connectivity index (χ3v) is 3.92. The van der Waals surface area contributed by atoms with E-state index >= 15 is 0 Å². The van der Waals surface area contributed by atoms with E-state index in [9.17, 15) is 4.79 Å². The number of rotatable bonds is 2. The first-order chi connectivity index (χ1) is 8.75. The molecule has 0 radical (unpaired) electrons. The Balaban J connectivity index is 1.76. The summed E-state index contributed by atoms with van der Waals surface area (Å²) >= 11 is 0. The summed E-state index contributed by atoms with van der Waals surface area (Å²) in [6, 6.07) is 0.215. The van der Waals surface area contributed by atoms with E-state index in [4.69, 9.17) is 4.74 Å². The van der Waals surface area contributed by atoms with Crippen LogP contribution in [-0.2, 0) is 16.6 Å². The van der Waals surface area contributed by atoms with Gasteiger partial charge in [0.1, 0.15) is 0 Å². The Morgan fingerprint density at radius 1 is 1.50 bits per heavy atom. The zero-order valence-corrected chi connectivity index (χ0v) is 10.7. The molecule has 0 spiro atoms. The Labute approximate surface area is 107 Å².